The van der Waals surface area contributed by atoms with Crippen LogP contribution in [0.3, 0.4) is 0 Å². The number of carbonyl (C=O) groups excluding carboxylic acids is 2. The summed E-state index contributed by atoms with van der Waals surface area (Å²) in [7, 11) is 0. The molecule has 59 heavy (non-hydrogen) atoms. The van der Waals surface area contributed by atoms with Crippen LogP contribution in [-0.4, -0.2) is 43.6 Å². The third-order valence-electron chi connectivity index (χ3n) is 11.6. The third kappa shape index (κ3) is 62.8. The third-order valence-corrected chi connectivity index (χ3v) is 16.6. The number of thiol groups is 2. The predicted molar refractivity (Wildman–Crippen MR) is 268 cm³/mol. The molecule has 0 heterocycles. The summed E-state index contributed by atoms with van der Waals surface area (Å²) in [6.07, 6.45) is 56.5. The van der Waals surface area contributed by atoms with Crippen molar-refractivity contribution in [2.75, 3.05) is 0 Å². The van der Waals surface area contributed by atoms with Crippen LogP contribution in [0.4, 0.5) is 0 Å². The van der Waals surface area contributed by atoms with Gasteiger partial charge >= 0.3 is 172 Å². The monoisotopic (exact) mass is 977 g/mol. The van der Waals surface area contributed by atoms with Crippen molar-refractivity contribution in [2.24, 2.45) is 0 Å². The van der Waals surface area contributed by atoms with Gasteiger partial charge in [-0.2, -0.15) is 25.3 Å². The van der Waals surface area contributed by atoms with E-state index < -0.39 is 22.4 Å². The van der Waals surface area contributed by atoms with Crippen LogP contribution in [0.25, 0.3) is 0 Å². The summed E-state index contributed by atoms with van der Waals surface area (Å²) in [4.78, 5) is 20.8. The molecule has 0 N–H and O–H groups in total. The molecule has 2 unspecified atom stereocenters. The molecule has 4 nitrogen and oxygen atoms in total. The average molecular weight is 976 g/mol. The van der Waals surface area contributed by atoms with Crippen LogP contribution in [0.2, 0.25) is 8.87 Å². The fourth-order valence-corrected chi connectivity index (χ4v) is 11.4. The molecular weight excluding hydrogens is 871 g/mol. The molecule has 2 atom stereocenters. The van der Waals surface area contributed by atoms with Gasteiger partial charge in [-0.1, -0.05) is 142 Å². The molecule has 0 saturated heterocycles. The molecule has 0 aromatic rings. The second kappa shape index (κ2) is 58.4. The number of rotatable bonds is 46. The Bertz CT molecular complexity index is 724. The second-order valence-electron chi connectivity index (χ2n) is 17.7. The summed E-state index contributed by atoms with van der Waals surface area (Å²) in [5.41, 5.74) is 0. The summed E-state index contributed by atoms with van der Waals surface area (Å²) in [6, 6.07) is 0. The predicted octanol–water partition coefficient (Wildman–Crippen LogP) is 16.1. The topological polar surface area (TPSA) is 80.3 Å². The molecular formula is C52H104O4S2Sn. The molecule has 0 bridgehead atoms. The summed E-state index contributed by atoms with van der Waals surface area (Å²) in [5, 5.41) is 19.6. The molecule has 0 rings (SSSR count). The first-order valence-corrected chi connectivity index (χ1v) is 31.3. The molecule has 0 aromatic heterocycles. The van der Waals surface area contributed by atoms with Gasteiger partial charge in [-0.05, 0) is 12.8 Å². The minimum atomic E-state index is -1.04. The fourth-order valence-electron chi connectivity index (χ4n) is 7.49. The number of hydrogen-bond donors (Lipinski definition) is 2. The molecule has 0 aliphatic carbocycles. The van der Waals surface area contributed by atoms with Gasteiger partial charge in [0.2, 0.25) is 0 Å². The van der Waals surface area contributed by atoms with Crippen molar-refractivity contribution in [3.8, 4) is 0 Å². The van der Waals surface area contributed by atoms with Crippen LogP contribution in [0.5, 0.6) is 0 Å². The van der Waals surface area contributed by atoms with Gasteiger partial charge in [-0.3, -0.25) is 0 Å². The maximum absolute atomic E-state index is 10.4. The number of carboxylic acid groups (broad SMARTS) is 2. The van der Waals surface area contributed by atoms with E-state index in [1.165, 1.54) is 218 Å². The van der Waals surface area contributed by atoms with Gasteiger partial charge in [0.1, 0.15) is 0 Å². The number of aliphatic carboxylic acids is 2. The Morgan fingerprint density at radius 1 is 0.322 bits per heavy atom. The van der Waals surface area contributed by atoms with Gasteiger partial charge in [-0.15, -0.1) is 0 Å². The normalized spacial score (nSPS) is 11.9. The van der Waals surface area contributed by atoms with Crippen molar-refractivity contribution in [3.05, 3.63) is 0 Å². The first kappa shape index (κ1) is 63.7. The standard InChI is InChI=1S/2C14H28O2S.2C12H25.Sn/c2*1-2-3-4-5-6-7-8-9-10-11-12-13(17)14(15)16;2*1-3-5-7-9-11-12-10-8-6-4-2;/h2*13,17H,2-12H2,1H3,(H,15,16);2*1,3-12H2,2H3;/q;;;;+2/p-2. The molecule has 0 radical (unpaired) electrons. The van der Waals surface area contributed by atoms with E-state index in [1.54, 1.807) is 21.7 Å². The fraction of sp³-hybridized carbons (Fsp3) is 0.962. The van der Waals surface area contributed by atoms with Crippen LogP contribution in [-0.2, 0) is 9.59 Å². The molecule has 352 valence electrons. The van der Waals surface area contributed by atoms with Crippen LogP contribution in [0, 0.1) is 0 Å². The first-order valence-electron chi connectivity index (χ1n) is 26.3. The zero-order valence-corrected chi connectivity index (χ0v) is 44.9. The number of unbranched alkanes of at least 4 members (excludes halogenated alkanes) is 36. The van der Waals surface area contributed by atoms with Gasteiger partial charge in [0.15, 0.2) is 0 Å². The number of carbonyl (C=O) groups is 2. The Morgan fingerprint density at radius 3 is 0.678 bits per heavy atom. The van der Waals surface area contributed by atoms with E-state index in [1.807, 2.05) is 0 Å². The second-order valence-corrected chi connectivity index (χ2v) is 23.3. The molecule has 0 aliphatic rings. The summed E-state index contributed by atoms with van der Waals surface area (Å²) >= 11 is 7.95. The Labute approximate surface area is 392 Å². The van der Waals surface area contributed by atoms with E-state index in [0.717, 1.165) is 25.7 Å². The Kier molecular flexibility index (Phi) is 63.1. The molecule has 7 heteroatoms. The van der Waals surface area contributed by atoms with Crippen LogP contribution >= 0.6 is 25.3 Å². The Hall–Kier alpha value is 0.439. The Morgan fingerprint density at radius 2 is 0.492 bits per heavy atom. The van der Waals surface area contributed by atoms with Crippen LogP contribution < -0.4 is 10.2 Å². The zero-order chi connectivity index (χ0) is 44.1. The molecule has 0 amide bonds. The van der Waals surface area contributed by atoms with Crippen molar-refractivity contribution in [2.45, 2.75) is 317 Å². The Balaban J connectivity index is -0.000000822. The van der Waals surface area contributed by atoms with Crippen molar-refractivity contribution in [1.29, 1.82) is 0 Å². The zero-order valence-electron chi connectivity index (χ0n) is 40.3. The van der Waals surface area contributed by atoms with E-state index in [9.17, 15) is 19.8 Å². The van der Waals surface area contributed by atoms with Crippen molar-refractivity contribution < 1.29 is 19.8 Å². The molecule has 0 aromatic carbocycles. The van der Waals surface area contributed by atoms with Gasteiger partial charge in [0.25, 0.3) is 0 Å². The van der Waals surface area contributed by atoms with Gasteiger partial charge in [0.05, 0.1) is 11.9 Å². The molecule has 0 aliphatic heterocycles. The van der Waals surface area contributed by atoms with Gasteiger partial charge < -0.3 is 19.8 Å². The van der Waals surface area contributed by atoms with E-state index >= 15 is 0 Å². The van der Waals surface area contributed by atoms with E-state index in [-0.39, 0.29) is 21.1 Å². The van der Waals surface area contributed by atoms with Crippen molar-refractivity contribution in [3.63, 3.8) is 0 Å². The van der Waals surface area contributed by atoms with E-state index in [2.05, 4.69) is 53.0 Å². The molecule has 0 saturated carbocycles. The number of carboxylic acids is 2. The first-order chi connectivity index (χ1) is 28.8. The van der Waals surface area contributed by atoms with Crippen molar-refractivity contribution >= 4 is 58.3 Å². The molecule has 0 fully saturated rings. The summed E-state index contributed by atoms with van der Waals surface area (Å²) in [6.45, 7) is 9.09. The minimum absolute atomic E-state index is 0.0377. The SMILES string of the molecule is CCCCCCCCCCCCC(S)C(=O)[O-].CCCCCCCCCCCCC(S)C(=O)[O-].CCCCCCCCCCC[CH2][Sn+2][CH2]CCCCCCCCCCC. The quantitative estimate of drug-likeness (QED) is 0.0362. The van der Waals surface area contributed by atoms with Gasteiger partial charge in [-0.25, -0.2) is 0 Å². The van der Waals surface area contributed by atoms with E-state index in [0.29, 0.717) is 12.8 Å². The average Bonchev–Trinajstić information content (AvgIpc) is 3.23. The van der Waals surface area contributed by atoms with Gasteiger partial charge in [0, 0.05) is 10.5 Å². The van der Waals surface area contributed by atoms with E-state index in [4.69, 9.17) is 0 Å². The molecule has 0 spiro atoms. The van der Waals surface area contributed by atoms with Crippen LogP contribution in [0.1, 0.15) is 297 Å². The summed E-state index contributed by atoms with van der Waals surface area (Å²) < 4.78 is 3.33. The maximum atomic E-state index is 10.4. The number of hydrogen-bond acceptors (Lipinski definition) is 6. The van der Waals surface area contributed by atoms with Crippen molar-refractivity contribution in [1.82, 2.24) is 0 Å². The van der Waals surface area contributed by atoms with Crippen LogP contribution in [0.15, 0.2) is 0 Å². The summed E-state index contributed by atoms with van der Waals surface area (Å²) in [5.74, 6) is -2.08.